The van der Waals surface area contributed by atoms with Gasteiger partial charge in [0, 0.05) is 0 Å². The van der Waals surface area contributed by atoms with Crippen LogP contribution in [0, 0.1) is 0 Å². The Hall–Kier alpha value is -2.96. The predicted molar refractivity (Wildman–Crippen MR) is 118 cm³/mol. The lowest BCUT2D eigenvalue weighted by atomic mass is 9.66. The van der Waals surface area contributed by atoms with Gasteiger partial charge in [-0.25, -0.2) is 4.98 Å². The number of benzene rings is 3. The zero-order valence-electron chi connectivity index (χ0n) is 15.2. The number of carboxylic acid groups (broad SMARTS) is 1. The second-order valence-corrected chi connectivity index (χ2v) is 8.14. The van der Waals surface area contributed by atoms with Crippen molar-refractivity contribution in [3.63, 3.8) is 0 Å². The van der Waals surface area contributed by atoms with E-state index in [1.165, 1.54) is 11.3 Å². The Kier molecular flexibility index (Phi) is 5.22. The molecule has 1 atom stereocenters. The molecule has 0 radical (unpaired) electrons. The topological polar surface area (TPSA) is 67.3 Å². The summed E-state index contributed by atoms with van der Waals surface area (Å²) >= 11 is 5.46. The van der Waals surface area contributed by atoms with E-state index in [4.69, 9.17) is 0 Å². The highest BCUT2D eigenvalue weighted by molar-refractivity contribution is 7.96. The number of nitrogens with zero attached hydrogens (tertiary/aromatic N) is 1. The van der Waals surface area contributed by atoms with Crippen molar-refractivity contribution in [2.45, 2.75) is 11.3 Å². The Morgan fingerprint density at radius 3 is 1.86 bits per heavy atom. The van der Waals surface area contributed by atoms with Crippen molar-refractivity contribution in [3.05, 3.63) is 101 Å². The molecule has 0 fully saturated rings. The number of hydrogen-bond donors (Lipinski definition) is 2. The van der Waals surface area contributed by atoms with Gasteiger partial charge in [-0.1, -0.05) is 72.8 Å². The number of thiol groups is 1. The second kappa shape index (κ2) is 7.81. The lowest BCUT2D eigenvalue weighted by Crippen LogP contribution is -2.45. The molecule has 29 heavy (non-hydrogen) atoms. The number of carbonyl (C=O) groups excluding carboxylic acids is 1. The largest absolute Gasteiger partial charge is 0.480 e. The van der Waals surface area contributed by atoms with Crippen LogP contribution < -0.4 is 0 Å². The van der Waals surface area contributed by atoms with Gasteiger partial charge in [0.1, 0.15) is 16.3 Å². The fraction of sp³-hybridized carbons (Fsp3) is 0.0870. The first-order chi connectivity index (χ1) is 14.0. The Labute approximate surface area is 177 Å². The van der Waals surface area contributed by atoms with Crippen molar-refractivity contribution in [2.24, 2.45) is 0 Å². The molecule has 0 saturated heterocycles. The van der Waals surface area contributed by atoms with Crippen LogP contribution in [0.5, 0.6) is 0 Å². The van der Waals surface area contributed by atoms with Gasteiger partial charge in [-0.3, -0.25) is 9.59 Å². The first-order valence-electron chi connectivity index (χ1n) is 8.98. The molecular weight excluding hydrogens is 402 g/mol. The van der Waals surface area contributed by atoms with Gasteiger partial charge in [-0.2, -0.15) is 0 Å². The molecule has 0 spiro atoms. The summed E-state index contributed by atoms with van der Waals surface area (Å²) in [7, 11) is 0. The minimum atomic E-state index is -1.66. The van der Waals surface area contributed by atoms with Gasteiger partial charge >= 0.3 is 5.97 Å². The molecule has 0 saturated carbocycles. The lowest BCUT2D eigenvalue weighted by molar-refractivity contribution is -0.144. The minimum Gasteiger partial charge on any atom is -0.480 e. The van der Waals surface area contributed by atoms with E-state index in [9.17, 15) is 14.7 Å². The number of aliphatic carboxylic acids is 1. The SMILES string of the molecule is O=C(S)C(c1nc2ccccc2s1)C(C(=O)O)(c1ccccc1)c1ccccc1. The maximum Gasteiger partial charge on any atom is 0.319 e. The van der Waals surface area contributed by atoms with Gasteiger partial charge in [-0.05, 0) is 23.3 Å². The molecular formula is C23H17NO3S2. The molecule has 144 valence electrons. The van der Waals surface area contributed by atoms with E-state index in [0.29, 0.717) is 16.1 Å². The Balaban J connectivity index is 2.07. The summed E-state index contributed by atoms with van der Waals surface area (Å²) in [5.74, 6) is -2.22. The number of rotatable bonds is 6. The van der Waals surface area contributed by atoms with E-state index in [-0.39, 0.29) is 0 Å². The molecule has 4 nitrogen and oxygen atoms in total. The average molecular weight is 420 g/mol. The maximum atomic E-state index is 12.9. The molecule has 0 aliphatic rings. The molecule has 6 heteroatoms. The summed E-state index contributed by atoms with van der Waals surface area (Å²) in [4.78, 5) is 30.5. The molecule has 1 aromatic heterocycles. The van der Waals surface area contributed by atoms with Crippen LogP contribution >= 0.6 is 24.0 Å². The van der Waals surface area contributed by atoms with Crippen molar-refractivity contribution >= 4 is 45.3 Å². The van der Waals surface area contributed by atoms with Crippen molar-refractivity contribution < 1.29 is 14.7 Å². The van der Waals surface area contributed by atoms with Crippen LogP contribution in [0.15, 0.2) is 84.9 Å². The molecule has 0 amide bonds. The standard InChI is InChI=1S/C23H17NO3S2/c25-21(28)19(20-24-17-13-7-8-14-18(17)29-20)23(22(26)27,15-9-3-1-4-10-15)16-11-5-2-6-12-16/h1-14,19H,(H,25,28)(H,26,27). The van der Waals surface area contributed by atoms with Gasteiger partial charge in [0.25, 0.3) is 0 Å². The van der Waals surface area contributed by atoms with Crippen LogP contribution in [0.25, 0.3) is 10.2 Å². The van der Waals surface area contributed by atoms with Crippen molar-refractivity contribution in [2.75, 3.05) is 0 Å². The van der Waals surface area contributed by atoms with E-state index >= 15 is 0 Å². The molecule has 0 bridgehead atoms. The number of carbonyl (C=O) groups is 2. The molecule has 4 aromatic rings. The summed E-state index contributed by atoms with van der Waals surface area (Å²) in [6.07, 6.45) is 0. The number of thiazole rings is 1. The van der Waals surface area contributed by atoms with Crippen LogP contribution in [0.3, 0.4) is 0 Å². The van der Waals surface area contributed by atoms with Crippen LogP contribution in [0.2, 0.25) is 0 Å². The zero-order valence-corrected chi connectivity index (χ0v) is 16.9. The number of carboxylic acids is 1. The summed E-state index contributed by atoms with van der Waals surface area (Å²) in [5, 5.41) is 10.5. The number of para-hydroxylation sites is 1. The number of hydrogen-bond acceptors (Lipinski definition) is 4. The van der Waals surface area contributed by atoms with Crippen LogP contribution in [-0.4, -0.2) is 21.2 Å². The fourth-order valence-corrected chi connectivity index (χ4v) is 5.30. The third-order valence-corrected chi connectivity index (χ3v) is 6.39. The van der Waals surface area contributed by atoms with Gasteiger partial charge in [0.05, 0.1) is 10.2 Å². The fourth-order valence-electron chi connectivity index (χ4n) is 3.76. The molecule has 1 unspecified atom stereocenters. The average Bonchev–Trinajstić information content (AvgIpc) is 3.16. The smallest absolute Gasteiger partial charge is 0.319 e. The summed E-state index contributed by atoms with van der Waals surface area (Å²) < 4.78 is 0.891. The molecule has 0 aliphatic carbocycles. The van der Waals surface area contributed by atoms with E-state index in [2.05, 4.69) is 17.6 Å². The van der Waals surface area contributed by atoms with E-state index < -0.39 is 22.4 Å². The predicted octanol–water partition coefficient (Wildman–Crippen LogP) is 4.91. The highest BCUT2D eigenvalue weighted by atomic mass is 32.1. The molecule has 4 rings (SSSR count). The van der Waals surface area contributed by atoms with E-state index in [1.807, 2.05) is 36.4 Å². The third-order valence-electron chi connectivity index (χ3n) is 5.03. The van der Waals surface area contributed by atoms with Crippen LogP contribution in [-0.2, 0) is 15.0 Å². The number of aromatic nitrogens is 1. The normalized spacial score (nSPS) is 12.6. The Morgan fingerprint density at radius 2 is 1.38 bits per heavy atom. The van der Waals surface area contributed by atoms with Gasteiger partial charge in [0.2, 0.25) is 0 Å². The van der Waals surface area contributed by atoms with Crippen LogP contribution in [0.4, 0.5) is 0 Å². The highest BCUT2D eigenvalue weighted by Crippen LogP contribution is 2.47. The van der Waals surface area contributed by atoms with E-state index in [0.717, 1.165) is 10.2 Å². The molecule has 3 aromatic carbocycles. The highest BCUT2D eigenvalue weighted by Gasteiger charge is 2.53. The lowest BCUT2D eigenvalue weighted by Gasteiger charge is -2.35. The van der Waals surface area contributed by atoms with Gasteiger partial charge < -0.3 is 5.11 Å². The Morgan fingerprint density at radius 1 is 0.862 bits per heavy atom. The van der Waals surface area contributed by atoms with Gasteiger partial charge in [-0.15, -0.1) is 24.0 Å². The second-order valence-electron chi connectivity index (χ2n) is 6.64. The quantitative estimate of drug-likeness (QED) is 0.436. The summed E-state index contributed by atoms with van der Waals surface area (Å²) in [6.45, 7) is 0. The van der Waals surface area contributed by atoms with Gasteiger partial charge in [0.15, 0.2) is 5.12 Å². The monoisotopic (exact) mass is 419 g/mol. The first-order valence-corrected chi connectivity index (χ1v) is 10.2. The van der Waals surface area contributed by atoms with E-state index in [1.54, 1.807) is 48.5 Å². The van der Waals surface area contributed by atoms with Crippen molar-refractivity contribution in [1.82, 2.24) is 4.98 Å². The first kappa shape index (κ1) is 19.4. The summed E-state index contributed by atoms with van der Waals surface area (Å²) in [5.41, 5.74) is 0.0816. The van der Waals surface area contributed by atoms with Crippen molar-refractivity contribution in [1.29, 1.82) is 0 Å². The number of fused-ring (bicyclic) bond motifs is 1. The molecule has 0 aliphatic heterocycles. The summed E-state index contributed by atoms with van der Waals surface area (Å²) in [6, 6.07) is 25.2. The Bertz CT molecular complexity index is 1100. The maximum absolute atomic E-state index is 12.9. The third kappa shape index (κ3) is 3.24. The molecule has 1 heterocycles. The zero-order chi connectivity index (χ0) is 20.4. The minimum absolute atomic E-state index is 0.432. The van der Waals surface area contributed by atoms with Crippen molar-refractivity contribution in [3.8, 4) is 0 Å². The van der Waals surface area contributed by atoms with Crippen LogP contribution in [0.1, 0.15) is 22.1 Å². The molecule has 1 N–H and O–H groups in total.